The van der Waals surface area contributed by atoms with Crippen molar-refractivity contribution in [3.05, 3.63) is 24.3 Å². The van der Waals surface area contributed by atoms with Gasteiger partial charge in [-0.15, -0.1) is 0 Å². The van der Waals surface area contributed by atoms with Gasteiger partial charge in [0.05, 0.1) is 25.0 Å². The Morgan fingerprint density at radius 3 is 2.42 bits per heavy atom. The van der Waals surface area contributed by atoms with E-state index in [1.807, 2.05) is 12.1 Å². The van der Waals surface area contributed by atoms with E-state index in [1.54, 1.807) is 12.1 Å². The van der Waals surface area contributed by atoms with Crippen LogP contribution in [0.1, 0.15) is 13.8 Å². The maximum absolute atomic E-state index is 11.2. The minimum atomic E-state index is -3.22. The second-order valence-electron chi connectivity index (χ2n) is 5.44. The van der Waals surface area contributed by atoms with Gasteiger partial charge in [-0.1, -0.05) is 0 Å². The summed E-state index contributed by atoms with van der Waals surface area (Å²) in [6, 6.07) is 7.42. The molecule has 2 rings (SSSR count). The van der Waals surface area contributed by atoms with Gasteiger partial charge >= 0.3 is 0 Å². The van der Waals surface area contributed by atoms with Crippen LogP contribution in [-0.2, 0) is 14.8 Å². The molecule has 0 aromatic heterocycles. The van der Waals surface area contributed by atoms with E-state index in [-0.39, 0.29) is 5.54 Å². The molecule has 1 aromatic carbocycles. The summed E-state index contributed by atoms with van der Waals surface area (Å²) in [5.41, 5.74) is 1.61. The molecule has 5 nitrogen and oxygen atoms in total. The number of rotatable bonds is 3. The SMILES string of the molecule is CC1(C)COCCN1c1ccc(NS(C)(=O)=O)cc1. The molecule has 1 fully saturated rings. The summed E-state index contributed by atoms with van der Waals surface area (Å²) in [4.78, 5) is 2.28. The highest BCUT2D eigenvalue weighted by Gasteiger charge is 2.30. The van der Waals surface area contributed by atoms with Crippen molar-refractivity contribution >= 4 is 21.4 Å². The smallest absolute Gasteiger partial charge is 0.229 e. The molecule has 0 atom stereocenters. The van der Waals surface area contributed by atoms with Crippen molar-refractivity contribution in [1.82, 2.24) is 0 Å². The molecule has 0 amide bonds. The van der Waals surface area contributed by atoms with Crippen molar-refractivity contribution in [3.8, 4) is 0 Å². The van der Waals surface area contributed by atoms with Gasteiger partial charge in [0.25, 0.3) is 0 Å². The number of ether oxygens (including phenoxy) is 1. The lowest BCUT2D eigenvalue weighted by molar-refractivity contribution is 0.0644. The van der Waals surface area contributed by atoms with Crippen LogP contribution in [0.25, 0.3) is 0 Å². The third kappa shape index (κ3) is 3.61. The maximum atomic E-state index is 11.2. The van der Waals surface area contributed by atoms with Gasteiger partial charge in [-0.3, -0.25) is 4.72 Å². The zero-order valence-corrected chi connectivity index (χ0v) is 12.3. The monoisotopic (exact) mass is 284 g/mol. The number of sulfonamides is 1. The summed E-state index contributed by atoms with van der Waals surface area (Å²) in [6.45, 7) is 6.51. The van der Waals surface area contributed by atoms with Crippen molar-refractivity contribution < 1.29 is 13.2 Å². The molecule has 19 heavy (non-hydrogen) atoms. The van der Waals surface area contributed by atoms with Crippen LogP contribution < -0.4 is 9.62 Å². The van der Waals surface area contributed by atoms with Crippen molar-refractivity contribution in [3.63, 3.8) is 0 Å². The molecule has 1 N–H and O–H groups in total. The molecule has 6 heteroatoms. The molecule has 0 radical (unpaired) electrons. The maximum Gasteiger partial charge on any atom is 0.229 e. The number of benzene rings is 1. The average Bonchev–Trinajstić information content (AvgIpc) is 2.28. The normalized spacial score (nSPS) is 19.2. The third-order valence-corrected chi connectivity index (χ3v) is 3.73. The van der Waals surface area contributed by atoms with Crippen LogP contribution in [0.15, 0.2) is 24.3 Å². The molecule has 106 valence electrons. The summed E-state index contributed by atoms with van der Waals surface area (Å²) < 4.78 is 30.3. The van der Waals surface area contributed by atoms with Gasteiger partial charge in [0.15, 0.2) is 0 Å². The summed E-state index contributed by atoms with van der Waals surface area (Å²) in [7, 11) is -3.22. The topological polar surface area (TPSA) is 58.6 Å². The van der Waals surface area contributed by atoms with E-state index in [0.717, 1.165) is 18.5 Å². The highest BCUT2D eigenvalue weighted by molar-refractivity contribution is 7.92. The molecule has 1 aliphatic rings. The zero-order chi connectivity index (χ0) is 14.1. The number of hydrogen-bond acceptors (Lipinski definition) is 4. The molecular formula is C13H20N2O3S. The van der Waals surface area contributed by atoms with Crippen molar-refractivity contribution in [2.75, 3.05) is 35.6 Å². The first-order valence-corrected chi connectivity index (χ1v) is 8.10. The molecule has 0 bridgehead atoms. The fourth-order valence-electron chi connectivity index (χ4n) is 2.26. The molecule has 1 heterocycles. The molecule has 0 aliphatic carbocycles. The lowest BCUT2D eigenvalue weighted by atomic mass is 10.0. The van der Waals surface area contributed by atoms with Crippen LogP contribution in [0.3, 0.4) is 0 Å². The minimum absolute atomic E-state index is 0.0516. The van der Waals surface area contributed by atoms with Gasteiger partial charge in [-0.2, -0.15) is 0 Å². The Kier molecular flexibility index (Phi) is 3.73. The van der Waals surface area contributed by atoms with Crippen LogP contribution in [0.2, 0.25) is 0 Å². The van der Waals surface area contributed by atoms with E-state index >= 15 is 0 Å². The van der Waals surface area contributed by atoms with Crippen LogP contribution in [0.4, 0.5) is 11.4 Å². The van der Waals surface area contributed by atoms with E-state index in [9.17, 15) is 8.42 Å². The van der Waals surface area contributed by atoms with Crippen molar-refractivity contribution in [2.45, 2.75) is 19.4 Å². The number of anilines is 2. The molecule has 1 aromatic rings. The van der Waals surface area contributed by atoms with Crippen LogP contribution in [-0.4, -0.2) is 40.0 Å². The third-order valence-electron chi connectivity index (χ3n) is 3.13. The van der Waals surface area contributed by atoms with Crippen molar-refractivity contribution in [2.24, 2.45) is 0 Å². The van der Waals surface area contributed by atoms with Crippen LogP contribution >= 0.6 is 0 Å². The Morgan fingerprint density at radius 2 is 1.89 bits per heavy atom. The first-order valence-electron chi connectivity index (χ1n) is 6.21. The lowest BCUT2D eigenvalue weighted by Crippen LogP contribution is -2.53. The summed E-state index contributed by atoms with van der Waals surface area (Å²) in [5.74, 6) is 0. The number of hydrogen-bond donors (Lipinski definition) is 1. The first kappa shape index (κ1) is 14.1. The van der Waals surface area contributed by atoms with E-state index in [0.29, 0.717) is 18.9 Å². The van der Waals surface area contributed by atoms with Gasteiger partial charge in [0.2, 0.25) is 10.0 Å². The number of morpholine rings is 1. The van der Waals surface area contributed by atoms with Gasteiger partial charge in [-0.05, 0) is 38.1 Å². The van der Waals surface area contributed by atoms with E-state index < -0.39 is 10.0 Å². The number of nitrogens with one attached hydrogen (secondary N) is 1. The van der Waals surface area contributed by atoms with Crippen LogP contribution in [0, 0.1) is 0 Å². The highest BCUT2D eigenvalue weighted by atomic mass is 32.2. The Hall–Kier alpha value is -1.27. The molecule has 1 aliphatic heterocycles. The molecule has 0 saturated carbocycles. The van der Waals surface area contributed by atoms with E-state index in [1.165, 1.54) is 0 Å². The van der Waals surface area contributed by atoms with E-state index in [4.69, 9.17) is 4.74 Å². The molecule has 0 spiro atoms. The lowest BCUT2D eigenvalue weighted by Gasteiger charge is -2.43. The Balaban J connectivity index is 2.18. The predicted molar refractivity (Wildman–Crippen MR) is 77.2 cm³/mol. The second kappa shape index (κ2) is 5.02. The van der Waals surface area contributed by atoms with Gasteiger partial charge in [0, 0.05) is 17.9 Å². The Bertz CT molecular complexity index is 538. The minimum Gasteiger partial charge on any atom is -0.377 e. The van der Waals surface area contributed by atoms with E-state index in [2.05, 4.69) is 23.5 Å². The first-order chi connectivity index (χ1) is 8.78. The summed E-state index contributed by atoms with van der Waals surface area (Å²) in [6.07, 6.45) is 1.14. The van der Waals surface area contributed by atoms with Gasteiger partial charge in [-0.25, -0.2) is 8.42 Å². The quantitative estimate of drug-likeness (QED) is 0.917. The Morgan fingerprint density at radius 1 is 1.26 bits per heavy atom. The fraction of sp³-hybridized carbons (Fsp3) is 0.538. The van der Waals surface area contributed by atoms with Gasteiger partial charge < -0.3 is 9.64 Å². The summed E-state index contributed by atoms with van der Waals surface area (Å²) >= 11 is 0. The Labute approximate surface area is 114 Å². The fourth-order valence-corrected chi connectivity index (χ4v) is 2.82. The largest absolute Gasteiger partial charge is 0.377 e. The summed E-state index contributed by atoms with van der Waals surface area (Å²) in [5, 5.41) is 0. The standard InChI is InChI=1S/C13H20N2O3S/c1-13(2)10-18-9-8-15(13)12-6-4-11(5-7-12)14-19(3,16)17/h4-7,14H,8-10H2,1-3H3. The second-order valence-corrected chi connectivity index (χ2v) is 7.19. The highest BCUT2D eigenvalue weighted by Crippen LogP contribution is 2.28. The zero-order valence-electron chi connectivity index (χ0n) is 11.5. The molecular weight excluding hydrogens is 264 g/mol. The molecule has 0 unspecified atom stereocenters. The van der Waals surface area contributed by atoms with Gasteiger partial charge in [0.1, 0.15) is 0 Å². The average molecular weight is 284 g/mol. The van der Waals surface area contributed by atoms with Crippen molar-refractivity contribution in [1.29, 1.82) is 0 Å². The number of nitrogens with zero attached hydrogens (tertiary/aromatic N) is 1. The van der Waals surface area contributed by atoms with Crippen LogP contribution in [0.5, 0.6) is 0 Å². The predicted octanol–water partition coefficient (Wildman–Crippen LogP) is 1.67. The molecule has 1 saturated heterocycles.